The number of benzene rings is 2. The van der Waals surface area contributed by atoms with Crippen LogP contribution in [0.4, 0.5) is 15.8 Å². The van der Waals surface area contributed by atoms with Gasteiger partial charge >= 0.3 is 0 Å². The highest BCUT2D eigenvalue weighted by molar-refractivity contribution is 6.31. The number of anilines is 2. The standard InChI is InChI=1S/C14H13ClFN3O/c1-8-3-2-4-11(16)13(8)18-14(20)10-7-9(15)5-6-12(10)19-17/h2-7,19H,17H2,1H3,(H,18,20). The van der Waals surface area contributed by atoms with Gasteiger partial charge in [0.15, 0.2) is 0 Å². The summed E-state index contributed by atoms with van der Waals surface area (Å²) < 4.78 is 13.7. The molecular formula is C14H13ClFN3O. The molecule has 0 fully saturated rings. The van der Waals surface area contributed by atoms with Crippen LogP contribution in [-0.2, 0) is 0 Å². The summed E-state index contributed by atoms with van der Waals surface area (Å²) in [5, 5.41) is 2.92. The number of nitrogens with two attached hydrogens (primary N) is 1. The van der Waals surface area contributed by atoms with E-state index < -0.39 is 11.7 Å². The number of carbonyl (C=O) groups is 1. The molecule has 20 heavy (non-hydrogen) atoms. The minimum Gasteiger partial charge on any atom is -0.323 e. The lowest BCUT2D eigenvalue weighted by molar-refractivity contribution is 0.102. The van der Waals surface area contributed by atoms with Crippen LogP contribution in [-0.4, -0.2) is 5.91 Å². The number of hydrogen-bond donors (Lipinski definition) is 3. The Morgan fingerprint density at radius 1 is 1.30 bits per heavy atom. The number of hydrogen-bond acceptors (Lipinski definition) is 3. The molecule has 0 atom stereocenters. The molecule has 0 aliphatic carbocycles. The molecule has 0 aliphatic rings. The van der Waals surface area contributed by atoms with Gasteiger partial charge in [0, 0.05) is 5.02 Å². The molecule has 0 bridgehead atoms. The zero-order valence-electron chi connectivity index (χ0n) is 10.7. The topological polar surface area (TPSA) is 67.2 Å². The molecule has 0 aliphatic heterocycles. The molecule has 0 radical (unpaired) electrons. The molecular weight excluding hydrogens is 281 g/mol. The number of amides is 1. The van der Waals surface area contributed by atoms with E-state index in [1.165, 1.54) is 12.1 Å². The van der Waals surface area contributed by atoms with Gasteiger partial charge in [-0.2, -0.15) is 0 Å². The summed E-state index contributed by atoms with van der Waals surface area (Å²) in [6.45, 7) is 1.71. The van der Waals surface area contributed by atoms with Crippen molar-refractivity contribution >= 4 is 28.9 Å². The van der Waals surface area contributed by atoms with Crippen molar-refractivity contribution in [2.45, 2.75) is 6.92 Å². The summed E-state index contributed by atoms with van der Waals surface area (Å²) >= 11 is 5.86. The first-order chi connectivity index (χ1) is 9.52. The highest BCUT2D eigenvalue weighted by Crippen LogP contribution is 2.23. The Morgan fingerprint density at radius 2 is 2.05 bits per heavy atom. The van der Waals surface area contributed by atoms with Gasteiger partial charge in [-0.05, 0) is 36.8 Å². The Morgan fingerprint density at radius 3 is 2.70 bits per heavy atom. The molecule has 2 aromatic rings. The molecule has 4 N–H and O–H groups in total. The van der Waals surface area contributed by atoms with E-state index in [1.54, 1.807) is 31.2 Å². The minimum absolute atomic E-state index is 0.139. The summed E-state index contributed by atoms with van der Waals surface area (Å²) in [5.74, 6) is 4.35. The first-order valence-corrected chi connectivity index (χ1v) is 6.23. The normalized spacial score (nSPS) is 10.2. The van der Waals surface area contributed by atoms with Crippen molar-refractivity contribution in [1.29, 1.82) is 0 Å². The first kappa shape index (κ1) is 14.3. The Bertz CT molecular complexity index is 641. The molecule has 0 spiro atoms. The SMILES string of the molecule is Cc1cccc(F)c1NC(=O)c1cc(Cl)ccc1NN. The number of rotatable bonds is 3. The zero-order chi connectivity index (χ0) is 14.7. The van der Waals surface area contributed by atoms with E-state index >= 15 is 0 Å². The molecule has 0 saturated heterocycles. The van der Waals surface area contributed by atoms with Crippen molar-refractivity contribution in [2.75, 3.05) is 10.7 Å². The predicted octanol–water partition coefficient (Wildman–Crippen LogP) is 3.33. The van der Waals surface area contributed by atoms with Crippen LogP contribution in [0.2, 0.25) is 5.02 Å². The van der Waals surface area contributed by atoms with Gasteiger partial charge in [-0.3, -0.25) is 10.6 Å². The van der Waals surface area contributed by atoms with Gasteiger partial charge in [0.2, 0.25) is 0 Å². The Kier molecular flexibility index (Phi) is 4.22. The minimum atomic E-state index is -0.498. The molecule has 104 valence electrons. The Labute approximate surface area is 120 Å². The van der Waals surface area contributed by atoms with E-state index in [4.69, 9.17) is 17.4 Å². The van der Waals surface area contributed by atoms with Crippen LogP contribution < -0.4 is 16.6 Å². The number of carbonyl (C=O) groups excluding carboxylic acids is 1. The molecule has 1 amide bonds. The van der Waals surface area contributed by atoms with Crippen LogP contribution in [0.5, 0.6) is 0 Å². The maximum Gasteiger partial charge on any atom is 0.257 e. The van der Waals surface area contributed by atoms with Gasteiger partial charge in [-0.1, -0.05) is 23.7 Å². The van der Waals surface area contributed by atoms with Crippen LogP contribution in [0.1, 0.15) is 15.9 Å². The molecule has 2 aromatic carbocycles. The molecule has 0 aromatic heterocycles. The third-order valence-electron chi connectivity index (χ3n) is 2.84. The van der Waals surface area contributed by atoms with Crippen LogP contribution in [0.25, 0.3) is 0 Å². The quantitative estimate of drug-likeness (QED) is 0.601. The van der Waals surface area contributed by atoms with E-state index in [1.807, 2.05) is 0 Å². The van der Waals surface area contributed by atoms with Crippen LogP contribution in [0, 0.1) is 12.7 Å². The monoisotopic (exact) mass is 293 g/mol. The van der Waals surface area contributed by atoms with Crippen molar-refractivity contribution in [3.05, 3.63) is 58.4 Å². The van der Waals surface area contributed by atoms with Crippen molar-refractivity contribution in [1.82, 2.24) is 0 Å². The van der Waals surface area contributed by atoms with Crippen molar-refractivity contribution in [3.8, 4) is 0 Å². The molecule has 6 heteroatoms. The Balaban J connectivity index is 2.35. The molecule has 0 heterocycles. The van der Waals surface area contributed by atoms with Gasteiger partial charge in [0.25, 0.3) is 5.91 Å². The number of para-hydroxylation sites is 1. The van der Waals surface area contributed by atoms with E-state index in [2.05, 4.69) is 10.7 Å². The van der Waals surface area contributed by atoms with E-state index in [0.29, 0.717) is 16.3 Å². The lowest BCUT2D eigenvalue weighted by Gasteiger charge is -2.12. The lowest BCUT2D eigenvalue weighted by atomic mass is 10.1. The number of hydrazine groups is 1. The van der Waals surface area contributed by atoms with E-state index in [-0.39, 0.29) is 11.3 Å². The highest BCUT2D eigenvalue weighted by Gasteiger charge is 2.15. The second kappa shape index (κ2) is 5.90. The maximum absolute atomic E-state index is 13.7. The van der Waals surface area contributed by atoms with Gasteiger partial charge < -0.3 is 10.7 Å². The van der Waals surface area contributed by atoms with Crippen molar-refractivity contribution < 1.29 is 9.18 Å². The first-order valence-electron chi connectivity index (χ1n) is 5.85. The number of aryl methyl sites for hydroxylation is 1. The van der Waals surface area contributed by atoms with Gasteiger partial charge in [-0.25, -0.2) is 4.39 Å². The average molecular weight is 294 g/mol. The fourth-order valence-electron chi connectivity index (χ4n) is 1.80. The van der Waals surface area contributed by atoms with Crippen LogP contribution >= 0.6 is 11.6 Å². The summed E-state index contributed by atoms with van der Waals surface area (Å²) in [6, 6.07) is 9.20. The van der Waals surface area contributed by atoms with E-state index in [0.717, 1.165) is 0 Å². The van der Waals surface area contributed by atoms with Crippen molar-refractivity contribution in [2.24, 2.45) is 5.84 Å². The maximum atomic E-state index is 13.7. The highest BCUT2D eigenvalue weighted by atomic mass is 35.5. The second-order valence-corrected chi connectivity index (χ2v) is 4.66. The summed E-state index contributed by atoms with van der Waals surface area (Å²) in [4.78, 5) is 12.2. The van der Waals surface area contributed by atoms with Crippen LogP contribution in [0.3, 0.4) is 0 Å². The lowest BCUT2D eigenvalue weighted by Crippen LogP contribution is -2.18. The summed E-state index contributed by atoms with van der Waals surface area (Å²) in [5.41, 5.74) is 3.81. The fraction of sp³-hybridized carbons (Fsp3) is 0.0714. The largest absolute Gasteiger partial charge is 0.323 e. The smallest absolute Gasteiger partial charge is 0.257 e. The summed E-state index contributed by atoms with van der Waals surface area (Å²) in [6.07, 6.45) is 0. The number of halogens is 2. The Hall–Kier alpha value is -2.11. The summed E-state index contributed by atoms with van der Waals surface area (Å²) in [7, 11) is 0. The molecule has 4 nitrogen and oxygen atoms in total. The average Bonchev–Trinajstić information content (AvgIpc) is 2.43. The fourth-order valence-corrected chi connectivity index (χ4v) is 1.97. The third kappa shape index (κ3) is 2.89. The van der Waals surface area contributed by atoms with Gasteiger partial charge in [-0.15, -0.1) is 0 Å². The van der Waals surface area contributed by atoms with Crippen molar-refractivity contribution in [3.63, 3.8) is 0 Å². The van der Waals surface area contributed by atoms with Gasteiger partial charge in [0.1, 0.15) is 5.82 Å². The molecule has 0 unspecified atom stereocenters. The third-order valence-corrected chi connectivity index (χ3v) is 3.08. The van der Waals surface area contributed by atoms with Gasteiger partial charge in [0.05, 0.1) is 16.9 Å². The molecule has 2 rings (SSSR count). The van der Waals surface area contributed by atoms with Crippen LogP contribution in [0.15, 0.2) is 36.4 Å². The van der Waals surface area contributed by atoms with E-state index in [9.17, 15) is 9.18 Å². The number of nitrogens with one attached hydrogen (secondary N) is 2. The molecule has 0 saturated carbocycles. The second-order valence-electron chi connectivity index (χ2n) is 4.22. The number of nitrogen functional groups attached to an aromatic ring is 1. The predicted molar refractivity (Wildman–Crippen MR) is 78.4 cm³/mol. The zero-order valence-corrected chi connectivity index (χ0v) is 11.5.